The van der Waals surface area contributed by atoms with E-state index in [0.717, 1.165) is 24.1 Å². The Bertz CT molecular complexity index is 678. The third-order valence-corrected chi connectivity index (χ3v) is 4.35. The maximum absolute atomic E-state index is 4.47. The highest BCUT2D eigenvalue weighted by Gasteiger charge is 2.19. The highest BCUT2D eigenvalue weighted by molar-refractivity contribution is 7.18. The van der Waals surface area contributed by atoms with Crippen LogP contribution in [0.15, 0.2) is 24.0 Å². The van der Waals surface area contributed by atoms with Crippen molar-refractivity contribution in [2.24, 2.45) is 0 Å². The van der Waals surface area contributed by atoms with Gasteiger partial charge in [0.05, 0.1) is 28.3 Å². The molecular weight excluding hydrogens is 232 g/mol. The fourth-order valence-electron chi connectivity index (χ4n) is 2.57. The largest absolute Gasteiger partial charge is 0.325 e. The number of pyridine rings is 1. The highest BCUT2D eigenvalue weighted by atomic mass is 32.1. The summed E-state index contributed by atoms with van der Waals surface area (Å²) < 4.78 is 3.57. The number of nitrogens with one attached hydrogen (secondary N) is 1. The maximum Gasteiger partial charge on any atom is 0.108 e. The van der Waals surface area contributed by atoms with E-state index in [4.69, 9.17) is 0 Å². The molecule has 0 radical (unpaired) electrons. The molecule has 4 nitrogen and oxygen atoms in total. The second-order valence-electron chi connectivity index (χ2n) is 4.43. The Balaban J connectivity index is 2.05. The van der Waals surface area contributed by atoms with Gasteiger partial charge in [-0.15, -0.1) is 11.3 Å². The van der Waals surface area contributed by atoms with Gasteiger partial charge in [-0.05, 0) is 24.4 Å². The summed E-state index contributed by atoms with van der Waals surface area (Å²) in [5.41, 5.74) is 3.33. The molecule has 17 heavy (non-hydrogen) atoms. The molecule has 0 saturated carbocycles. The van der Waals surface area contributed by atoms with E-state index in [1.54, 1.807) is 11.3 Å². The molecule has 1 fully saturated rings. The SMILES string of the molecule is c1cc2ncc3ncn([C@H]4CCNC4)c3c2s1. The van der Waals surface area contributed by atoms with Crippen molar-refractivity contribution in [3.8, 4) is 0 Å². The first kappa shape index (κ1) is 9.56. The van der Waals surface area contributed by atoms with Crippen molar-refractivity contribution in [2.75, 3.05) is 13.1 Å². The van der Waals surface area contributed by atoms with E-state index >= 15 is 0 Å². The number of hydrogen-bond acceptors (Lipinski definition) is 4. The summed E-state index contributed by atoms with van der Waals surface area (Å²) in [6.45, 7) is 2.14. The van der Waals surface area contributed by atoms with Gasteiger partial charge in [-0.3, -0.25) is 4.98 Å². The first-order chi connectivity index (χ1) is 8.43. The van der Waals surface area contributed by atoms with Gasteiger partial charge in [0, 0.05) is 12.6 Å². The predicted molar refractivity (Wildman–Crippen MR) is 69.4 cm³/mol. The van der Waals surface area contributed by atoms with E-state index < -0.39 is 0 Å². The number of rotatable bonds is 1. The minimum atomic E-state index is 0.535. The molecule has 4 heterocycles. The lowest BCUT2D eigenvalue weighted by Gasteiger charge is -2.11. The van der Waals surface area contributed by atoms with Crippen LogP contribution in [0.5, 0.6) is 0 Å². The lowest BCUT2D eigenvalue weighted by atomic mass is 10.2. The first-order valence-electron chi connectivity index (χ1n) is 5.83. The lowest BCUT2D eigenvalue weighted by Crippen LogP contribution is -2.12. The molecule has 0 spiro atoms. The summed E-state index contributed by atoms with van der Waals surface area (Å²) >= 11 is 1.75. The van der Waals surface area contributed by atoms with Crippen molar-refractivity contribution in [1.29, 1.82) is 0 Å². The summed E-state index contributed by atoms with van der Waals surface area (Å²) in [5.74, 6) is 0. The van der Waals surface area contributed by atoms with Gasteiger partial charge in [-0.2, -0.15) is 0 Å². The number of nitrogens with zero attached hydrogens (tertiary/aromatic N) is 3. The zero-order chi connectivity index (χ0) is 11.2. The third-order valence-electron chi connectivity index (χ3n) is 3.44. The van der Waals surface area contributed by atoms with Crippen molar-refractivity contribution in [3.63, 3.8) is 0 Å². The Hall–Kier alpha value is -1.46. The van der Waals surface area contributed by atoms with Crippen molar-refractivity contribution < 1.29 is 0 Å². The van der Waals surface area contributed by atoms with Crippen molar-refractivity contribution in [2.45, 2.75) is 12.5 Å². The Kier molecular flexibility index (Phi) is 1.98. The zero-order valence-electron chi connectivity index (χ0n) is 9.26. The summed E-state index contributed by atoms with van der Waals surface area (Å²) in [4.78, 5) is 8.90. The van der Waals surface area contributed by atoms with Crippen LogP contribution in [0.25, 0.3) is 21.3 Å². The van der Waals surface area contributed by atoms with Crippen molar-refractivity contribution >= 4 is 32.6 Å². The van der Waals surface area contributed by atoms with E-state index in [2.05, 4.69) is 31.3 Å². The second-order valence-corrected chi connectivity index (χ2v) is 5.34. The van der Waals surface area contributed by atoms with Gasteiger partial charge in [-0.1, -0.05) is 0 Å². The number of hydrogen-bond donors (Lipinski definition) is 1. The summed E-state index contributed by atoms with van der Waals surface area (Å²) in [5, 5.41) is 5.50. The Morgan fingerprint density at radius 3 is 3.24 bits per heavy atom. The van der Waals surface area contributed by atoms with Gasteiger partial charge >= 0.3 is 0 Å². The molecule has 3 aromatic rings. The van der Waals surface area contributed by atoms with E-state index in [0.29, 0.717) is 6.04 Å². The average Bonchev–Trinajstić information content (AvgIpc) is 3.08. The van der Waals surface area contributed by atoms with Crippen LogP contribution in [0, 0.1) is 0 Å². The Labute approximate surface area is 102 Å². The quantitative estimate of drug-likeness (QED) is 0.713. The van der Waals surface area contributed by atoms with E-state index in [-0.39, 0.29) is 0 Å². The summed E-state index contributed by atoms with van der Waals surface area (Å²) in [6.07, 6.45) is 5.02. The molecule has 5 heteroatoms. The number of fused-ring (bicyclic) bond motifs is 3. The van der Waals surface area contributed by atoms with E-state index in [1.807, 2.05) is 12.5 Å². The van der Waals surface area contributed by atoms with E-state index in [9.17, 15) is 0 Å². The minimum Gasteiger partial charge on any atom is -0.325 e. The van der Waals surface area contributed by atoms with Crippen LogP contribution in [-0.4, -0.2) is 27.6 Å². The molecule has 0 aliphatic carbocycles. The van der Waals surface area contributed by atoms with Crippen LogP contribution in [-0.2, 0) is 0 Å². The molecule has 86 valence electrons. The normalized spacial score (nSPS) is 20.6. The molecule has 1 aliphatic heterocycles. The molecule has 0 unspecified atom stereocenters. The first-order valence-corrected chi connectivity index (χ1v) is 6.71. The van der Waals surface area contributed by atoms with Crippen molar-refractivity contribution in [1.82, 2.24) is 19.9 Å². The fourth-order valence-corrected chi connectivity index (χ4v) is 3.47. The van der Waals surface area contributed by atoms with Gasteiger partial charge in [0.25, 0.3) is 0 Å². The van der Waals surface area contributed by atoms with E-state index in [1.165, 1.54) is 16.6 Å². The molecule has 1 saturated heterocycles. The zero-order valence-corrected chi connectivity index (χ0v) is 10.1. The monoisotopic (exact) mass is 244 g/mol. The number of thiophene rings is 1. The summed E-state index contributed by atoms with van der Waals surface area (Å²) in [6, 6.07) is 2.61. The fraction of sp³-hybridized carbons (Fsp3) is 0.333. The molecular formula is C12H12N4S. The van der Waals surface area contributed by atoms with Crippen LogP contribution in [0.1, 0.15) is 12.5 Å². The van der Waals surface area contributed by atoms with Crippen molar-refractivity contribution in [3.05, 3.63) is 24.0 Å². The Morgan fingerprint density at radius 2 is 2.35 bits per heavy atom. The standard InChI is InChI=1S/C12H12N4S/c1-3-13-5-8(1)16-7-15-10-6-14-9-2-4-17-12(9)11(10)16/h2,4,6-8,13H,1,3,5H2/t8-/m0/s1. The van der Waals surface area contributed by atoms with Crippen LogP contribution >= 0.6 is 11.3 Å². The van der Waals surface area contributed by atoms with Crippen LogP contribution in [0.4, 0.5) is 0 Å². The topological polar surface area (TPSA) is 42.7 Å². The molecule has 4 rings (SSSR count). The summed E-state index contributed by atoms with van der Waals surface area (Å²) in [7, 11) is 0. The van der Waals surface area contributed by atoms with Gasteiger partial charge < -0.3 is 9.88 Å². The third kappa shape index (κ3) is 1.33. The van der Waals surface area contributed by atoms with Gasteiger partial charge in [0.15, 0.2) is 0 Å². The van der Waals surface area contributed by atoms with Crippen LogP contribution in [0.2, 0.25) is 0 Å². The smallest absolute Gasteiger partial charge is 0.108 e. The lowest BCUT2D eigenvalue weighted by molar-refractivity contribution is 0.562. The van der Waals surface area contributed by atoms with Gasteiger partial charge in [0.2, 0.25) is 0 Å². The van der Waals surface area contributed by atoms with Gasteiger partial charge in [-0.25, -0.2) is 4.98 Å². The minimum absolute atomic E-state index is 0.535. The molecule has 1 aliphatic rings. The predicted octanol–water partition coefficient (Wildman–Crippen LogP) is 2.18. The second kappa shape index (κ2) is 3.51. The molecule has 0 aromatic carbocycles. The van der Waals surface area contributed by atoms with Crippen LogP contribution in [0.3, 0.4) is 0 Å². The maximum atomic E-state index is 4.47. The molecule has 0 amide bonds. The Morgan fingerprint density at radius 1 is 1.35 bits per heavy atom. The number of aromatic nitrogens is 3. The molecule has 0 bridgehead atoms. The highest BCUT2D eigenvalue weighted by Crippen LogP contribution is 2.30. The number of imidazole rings is 1. The molecule has 3 aromatic heterocycles. The molecule has 1 atom stereocenters. The van der Waals surface area contributed by atoms with Gasteiger partial charge in [0.1, 0.15) is 5.52 Å². The molecule has 1 N–H and O–H groups in total. The average molecular weight is 244 g/mol. The van der Waals surface area contributed by atoms with Crippen LogP contribution < -0.4 is 5.32 Å².